The van der Waals surface area contributed by atoms with Crippen molar-refractivity contribution in [2.24, 2.45) is 0 Å². The number of carbonyl (C=O) groups is 2. The van der Waals surface area contributed by atoms with Crippen molar-refractivity contribution in [2.45, 2.75) is 24.9 Å². The number of anilines is 1. The molecule has 172 valence electrons. The number of nitrogens with one attached hydrogen (secondary N) is 1. The molecule has 3 heterocycles. The number of aromatic amines is 1. The van der Waals surface area contributed by atoms with Crippen molar-refractivity contribution in [1.82, 2.24) is 14.8 Å². The second-order valence-electron chi connectivity index (χ2n) is 8.46. The van der Waals surface area contributed by atoms with Gasteiger partial charge in [-0.15, -0.1) is 0 Å². The van der Waals surface area contributed by atoms with Crippen LogP contribution in [0.5, 0.6) is 0 Å². The minimum Gasteiger partial charge on any atom is -0.733 e. The van der Waals surface area contributed by atoms with Crippen molar-refractivity contribution in [1.29, 1.82) is 0 Å². The van der Waals surface area contributed by atoms with E-state index in [-0.39, 0.29) is 29.3 Å². The molecular weight excluding hydrogens is 424 g/mol. The standard InChI is InChI=1S/C24H25N4O5/c1-33-12-4-11-26-14-21(29)27-20(24(26)30)13-18-17-5-2-3-6-19(17)25-22(18)23(27)15-7-9-16(10-8-15)28(31)32/h2-3,5-10,20,23,25,31H,4,11-14H2,1H3/q-1/t20-,23?/m1/s1. The van der Waals surface area contributed by atoms with E-state index in [2.05, 4.69) is 4.98 Å². The summed E-state index contributed by atoms with van der Waals surface area (Å²) in [6.45, 7) is 1.02. The van der Waals surface area contributed by atoms with E-state index < -0.39 is 12.1 Å². The minimum atomic E-state index is -0.612. The SMILES string of the molecule is COCCCN1CC(=O)N2C(c3ccc(N([O-])O)cc3)c3[nH]c4ccccc4c3C[C@@H]2C1=O. The molecule has 1 aromatic heterocycles. The molecular formula is C24H25N4O5-. The molecule has 2 N–H and O–H groups in total. The summed E-state index contributed by atoms with van der Waals surface area (Å²) in [5, 5.41) is 21.3. The number of H-pyrrole nitrogens is 1. The fraction of sp³-hybridized carbons (Fsp3) is 0.333. The molecule has 0 radical (unpaired) electrons. The third-order valence-corrected chi connectivity index (χ3v) is 6.55. The lowest BCUT2D eigenvalue weighted by Crippen LogP contribution is -2.63. The molecule has 0 bridgehead atoms. The van der Waals surface area contributed by atoms with E-state index in [1.165, 1.54) is 12.1 Å². The van der Waals surface area contributed by atoms with E-state index in [0.717, 1.165) is 27.7 Å². The van der Waals surface area contributed by atoms with Gasteiger partial charge in [-0.05, 0) is 35.7 Å². The summed E-state index contributed by atoms with van der Waals surface area (Å²) in [5.74, 6) is -0.188. The smallest absolute Gasteiger partial charge is 0.246 e. The molecule has 2 atom stereocenters. The third kappa shape index (κ3) is 3.64. The maximum atomic E-state index is 13.5. The van der Waals surface area contributed by atoms with E-state index in [0.29, 0.717) is 26.0 Å². The highest BCUT2D eigenvalue weighted by molar-refractivity contribution is 5.97. The molecule has 9 nitrogen and oxygen atoms in total. The molecule has 2 amide bonds. The number of methoxy groups -OCH3 is 1. The average molecular weight is 449 g/mol. The predicted octanol–water partition coefficient (Wildman–Crippen LogP) is 2.58. The zero-order valence-electron chi connectivity index (χ0n) is 18.2. The number of rotatable bonds is 6. The van der Waals surface area contributed by atoms with Crippen LogP contribution >= 0.6 is 0 Å². The Hall–Kier alpha value is -3.40. The molecule has 2 aromatic carbocycles. The summed E-state index contributed by atoms with van der Waals surface area (Å²) in [6.07, 6.45) is 1.10. The van der Waals surface area contributed by atoms with Crippen LogP contribution in [0.15, 0.2) is 48.5 Å². The Morgan fingerprint density at radius 2 is 1.94 bits per heavy atom. The van der Waals surface area contributed by atoms with Gasteiger partial charge in [0.05, 0.1) is 18.3 Å². The largest absolute Gasteiger partial charge is 0.733 e. The van der Waals surface area contributed by atoms with Gasteiger partial charge in [0.1, 0.15) is 6.04 Å². The van der Waals surface area contributed by atoms with Crippen LogP contribution in [0.25, 0.3) is 10.9 Å². The second-order valence-corrected chi connectivity index (χ2v) is 8.46. The first kappa shape index (κ1) is 21.4. The van der Waals surface area contributed by atoms with E-state index in [4.69, 9.17) is 4.74 Å². The van der Waals surface area contributed by atoms with Gasteiger partial charge >= 0.3 is 0 Å². The Morgan fingerprint density at radius 1 is 1.18 bits per heavy atom. The summed E-state index contributed by atoms with van der Waals surface area (Å²) < 4.78 is 5.11. The molecule has 33 heavy (non-hydrogen) atoms. The molecule has 0 saturated carbocycles. The van der Waals surface area contributed by atoms with Crippen molar-refractivity contribution in [3.05, 3.63) is 70.6 Å². The zero-order chi connectivity index (χ0) is 23.1. The Morgan fingerprint density at radius 3 is 2.67 bits per heavy atom. The van der Waals surface area contributed by atoms with Gasteiger partial charge in [-0.1, -0.05) is 30.3 Å². The van der Waals surface area contributed by atoms with Crippen molar-refractivity contribution < 1.29 is 19.5 Å². The van der Waals surface area contributed by atoms with Crippen LogP contribution in [-0.4, -0.2) is 64.7 Å². The molecule has 1 fully saturated rings. The molecule has 2 aliphatic heterocycles. The summed E-state index contributed by atoms with van der Waals surface area (Å²) in [5.41, 5.74) is 3.69. The number of aromatic nitrogens is 1. The number of benzene rings is 2. The predicted molar refractivity (Wildman–Crippen MR) is 122 cm³/mol. The number of para-hydroxylation sites is 1. The number of ether oxygens (including phenoxy) is 1. The Labute approximate surface area is 190 Å². The molecule has 0 aliphatic carbocycles. The van der Waals surface area contributed by atoms with Crippen LogP contribution in [0, 0.1) is 5.21 Å². The van der Waals surface area contributed by atoms with E-state index in [9.17, 15) is 20.0 Å². The van der Waals surface area contributed by atoms with E-state index >= 15 is 0 Å². The Kier molecular flexibility index (Phi) is 5.53. The lowest BCUT2D eigenvalue weighted by Gasteiger charge is -2.47. The highest BCUT2D eigenvalue weighted by Crippen LogP contribution is 2.42. The molecule has 3 aromatic rings. The van der Waals surface area contributed by atoms with Gasteiger partial charge in [0.25, 0.3) is 0 Å². The van der Waals surface area contributed by atoms with Crippen molar-refractivity contribution in [3.8, 4) is 0 Å². The number of nitrogens with zero attached hydrogens (tertiary/aromatic N) is 3. The van der Waals surface area contributed by atoms with Gasteiger partial charge in [0.2, 0.25) is 11.8 Å². The molecule has 1 unspecified atom stereocenters. The highest BCUT2D eigenvalue weighted by Gasteiger charge is 2.48. The van der Waals surface area contributed by atoms with Gasteiger partial charge in [-0.25, -0.2) is 0 Å². The van der Waals surface area contributed by atoms with Crippen molar-refractivity contribution in [3.63, 3.8) is 0 Å². The number of piperazine rings is 1. The topological polar surface area (TPSA) is 112 Å². The number of fused-ring (bicyclic) bond motifs is 4. The van der Waals surface area contributed by atoms with Crippen LogP contribution < -0.4 is 5.23 Å². The quantitative estimate of drug-likeness (QED) is 0.442. The van der Waals surface area contributed by atoms with Gasteiger partial charge in [-0.2, -0.15) is 0 Å². The first-order chi connectivity index (χ1) is 16.0. The monoisotopic (exact) mass is 449 g/mol. The number of carbonyl (C=O) groups excluding carboxylic acids is 2. The maximum Gasteiger partial charge on any atom is 0.246 e. The lowest BCUT2D eigenvalue weighted by atomic mass is 9.86. The van der Waals surface area contributed by atoms with Crippen LogP contribution in [0.2, 0.25) is 0 Å². The Bertz CT molecular complexity index is 1190. The van der Waals surface area contributed by atoms with Crippen LogP contribution in [-0.2, 0) is 20.7 Å². The molecule has 5 rings (SSSR count). The highest BCUT2D eigenvalue weighted by atomic mass is 16.8. The van der Waals surface area contributed by atoms with Crippen molar-refractivity contribution in [2.75, 3.05) is 32.0 Å². The second kappa shape index (κ2) is 8.51. The van der Waals surface area contributed by atoms with Crippen LogP contribution in [0.4, 0.5) is 5.69 Å². The van der Waals surface area contributed by atoms with Crippen molar-refractivity contribution >= 4 is 28.4 Å². The first-order valence-electron chi connectivity index (χ1n) is 10.9. The average Bonchev–Trinajstić information content (AvgIpc) is 3.19. The fourth-order valence-corrected chi connectivity index (χ4v) is 5.04. The van der Waals surface area contributed by atoms with Gasteiger partial charge < -0.3 is 30.0 Å². The molecule has 2 aliphatic rings. The summed E-state index contributed by atoms with van der Waals surface area (Å²) in [7, 11) is 1.61. The summed E-state index contributed by atoms with van der Waals surface area (Å²) in [4.78, 5) is 33.6. The lowest BCUT2D eigenvalue weighted by molar-refractivity contribution is -0.158. The van der Waals surface area contributed by atoms with Crippen LogP contribution in [0.3, 0.4) is 0 Å². The van der Waals surface area contributed by atoms with E-state index in [1.54, 1.807) is 29.0 Å². The zero-order valence-corrected chi connectivity index (χ0v) is 18.2. The Balaban J connectivity index is 1.60. The number of amides is 2. The van der Waals surface area contributed by atoms with Gasteiger partial charge in [0, 0.05) is 43.3 Å². The number of hydrogen-bond acceptors (Lipinski definition) is 6. The summed E-state index contributed by atoms with van der Waals surface area (Å²) in [6, 6.07) is 13.2. The van der Waals surface area contributed by atoms with Gasteiger partial charge in [0.15, 0.2) is 0 Å². The summed E-state index contributed by atoms with van der Waals surface area (Å²) >= 11 is 0. The fourth-order valence-electron chi connectivity index (χ4n) is 5.04. The molecule has 0 spiro atoms. The molecule has 1 saturated heterocycles. The maximum absolute atomic E-state index is 13.5. The minimum absolute atomic E-state index is 0.0220. The van der Waals surface area contributed by atoms with Gasteiger partial charge in [-0.3, -0.25) is 14.8 Å². The normalized spacial score (nSPS) is 20.2. The number of hydrogen-bond donors (Lipinski definition) is 2. The first-order valence-corrected chi connectivity index (χ1v) is 10.9. The van der Waals surface area contributed by atoms with E-state index in [1.807, 2.05) is 24.3 Å². The van der Waals surface area contributed by atoms with Crippen LogP contribution in [0.1, 0.15) is 29.3 Å². The molecule has 9 heteroatoms. The third-order valence-electron chi connectivity index (χ3n) is 6.55.